The molecule has 0 unspecified atom stereocenters. The van der Waals surface area contributed by atoms with Crippen molar-refractivity contribution in [3.05, 3.63) is 58.9 Å². The molecule has 6 nitrogen and oxygen atoms in total. The number of hydrogen-bond donors (Lipinski definition) is 1. The van der Waals surface area contributed by atoms with Crippen LogP contribution in [0, 0.1) is 17.7 Å². The molecule has 0 radical (unpaired) electrons. The van der Waals surface area contributed by atoms with Crippen LogP contribution >= 0.6 is 11.3 Å². The van der Waals surface area contributed by atoms with Gasteiger partial charge in [-0.25, -0.2) is 4.39 Å². The van der Waals surface area contributed by atoms with Gasteiger partial charge in [-0.2, -0.15) is 9.50 Å². The Balaban J connectivity index is 1.62. The normalized spacial score (nSPS) is 21.3. The van der Waals surface area contributed by atoms with E-state index < -0.39 is 6.04 Å². The number of halogens is 1. The Morgan fingerprint density at radius 1 is 1.17 bits per heavy atom. The molecule has 4 heterocycles. The van der Waals surface area contributed by atoms with Crippen molar-refractivity contribution in [2.45, 2.75) is 26.3 Å². The van der Waals surface area contributed by atoms with E-state index in [1.165, 1.54) is 21.9 Å². The van der Waals surface area contributed by atoms with Crippen LogP contribution in [0.4, 0.5) is 4.39 Å². The lowest BCUT2D eigenvalue weighted by atomic mass is 9.89. The standard InChI is InChI=1S/C22H23FN4O2S/c1-13-10-14(2)12-26(11-13)18(15-6-3-4-7-16(15)23)19-21(28)27-22(30-19)24-20(25-27)17-8-5-9-29-17/h3-9,13-14,18,28H,10-12H2,1-2H3/t13-,14+,18-/m0/s1. The van der Waals surface area contributed by atoms with Gasteiger partial charge in [0.2, 0.25) is 16.7 Å². The third kappa shape index (κ3) is 3.30. The van der Waals surface area contributed by atoms with Gasteiger partial charge in [0.05, 0.1) is 17.2 Å². The van der Waals surface area contributed by atoms with E-state index in [9.17, 15) is 9.50 Å². The minimum Gasteiger partial charge on any atom is -0.492 e. The average molecular weight is 427 g/mol. The summed E-state index contributed by atoms with van der Waals surface area (Å²) in [4.78, 5) is 7.99. The Hall–Kier alpha value is -2.71. The highest BCUT2D eigenvalue weighted by Gasteiger charge is 2.35. The van der Waals surface area contributed by atoms with Crippen molar-refractivity contribution in [2.75, 3.05) is 13.1 Å². The maximum Gasteiger partial charge on any atom is 0.230 e. The number of rotatable bonds is 4. The van der Waals surface area contributed by atoms with Crippen LogP contribution in [-0.2, 0) is 0 Å². The molecule has 1 aliphatic rings. The Morgan fingerprint density at radius 3 is 2.60 bits per heavy atom. The minimum atomic E-state index is -0.392. The van der Waals surface area contributed by atoms with Crippen LogP contribution in [0.5, 0.6) is 5.88 Å². The van der Waals surface area contributed by atoms with E-state index in [1.54, 1.807) is 30.5 Å². The maximum absolute atomic E-state index is 14.9. The lowest BCUT2D eigenvalue weighted by Gasteiger charge is -2.40. The van der Waals surface area contributed by atoms with Gasteiger partial charge in [0.25, 0.3) is 0 Å². The van der Waals surface area contributed by atoms with E-state index in [0.717, 1.165) is 19.5 Å². The molecule has 3 aromatic heterocycles. The Bertz CT molecular complexity index is 1160. The first-order valence-corrected chi connectivity index (χ1v) is 10.9. The second-order valence-electron chi connectivity index (χ2n) is 8.22. The Labute approximate surface area is 177 Å². The van der Waals surface area contributed by atoms with E-state index in [0.29, 0.717) is 38.8 Å². The van der Waals surface area contributed by atoms with E-state index in [4.69, 9.17) is 4.42 Å². The zero-order chi connectivity index (χ0) is 20.8. The molecule has 0 aliphatic carbocycles. The molecule has 5 rings (SSSR count). The molecule has 0 spiro atoms. The predicted molar refractivity (Wildman–Crippen MR) is 113 cm³/mol. The average Bonchev–Trinajstić information content (AvgIpc) is 3.42. The van der Waals surface area contributed by atoms with Crippen molar-refractivity contribution >= 4 is 16.3 Å². The molecule has 1 aliphatic heterocycles. The van der Waals surface area contributed by atoms with Crippen molar-refractivity contribution in [1.82, 2.24) is 19.5 Å². The summed E-state index contributed by atoms with van der Waals surface area (Å²) in [5.74, 6) is 1.67. The van der Waals surface area contributed by atoms with Crippen molar-refractivity contribution < 1.29 is 13.9 Å². The summed E-state index contributed by atoms with van der Waals surface area (Å²) in [6, 6.07) is 9.95. The van der Waals surface area contributed by atoms with Crippen LogP contribution in [0.2, 0.25) is 0 Å². The predicted octanol–water partition coefficient (Wildman–Crippen LogP) is 4.96. The van der Waals surface area contributed by atoms with E-state index in [-0.39, 0.29) is 11.7 Å². The van der Waals surface area contributed by atoms with Crippen LogP contribution in [-0.4, -0.2) is 37.7 Å². The monoisotopic (exact) mass is 426 g/mol. The Morgan fingerprint density at radius 2 is 1.93 bits per heavy atom. The Kier molecular flexibility index (Phi) is 4.83. The lowest BCUT2D eigenvalue weighted by molar-refractivity contribution is 0.110. The molecule has 1 fully saturated rings. The number of likely N-dealkylation sites (tertiary alicyclic amines) is 1. The molecule has 1 aromatic carbocycles. The highest BCUT2D eigenvalue weighted by atomic mass is 32.1. The third-order valence-electron chi connectivity index (χ3n) is 5.65. The number of piperidine rings is 1. The smallest absolute Gasteiger partial charge is 0.230 e. The summed E-state index contributed by atoms with van der Waals surface area (Å²) >= 11 is 1.34. The van der Waals surface area contributed by atoms with Crippen LogP contribution in [0.15, 0.2) is 47.1 Å². The number of hydrogen-bond acceptors (Lipinski definition) is 6. The van der Waals surface area contributed by atoms with Gasteiger partial charge < -0.3 is 9.52 Å². The molecule has 0 amide bonds. The van der Waals surface area contributed by atoms with Gasteiger partial charge >= 0.3 is 0 Å². The number of thiazole rings is 1. The number of furan rings is 1. The zero-order valence-electron chi connectivity index (χ0n) is 16.8. The number of fused-ring (bicyclic) bond motifs is 1. The molecule has 1 saturated heterocycles. The first kappa shape index (κ1) is 19.3. The van der Waals surface area contributed by atoms with Crippen LogP contribution < -0.4 is 0 Å². The second-order valence-corrected chi connectivity index (χ2v) is 9.23. The quantitative estimate of drug-likeness (QED) is 0.499. The van der Waals surface area contributed by atoms with Gasteiger partial charge in [0.15, 0.2) is 5.76 Å². The minimum absolute atomic E-state index is 0.000520. The summed E-state index contributed by atoms with van der Waals surface area (Å²) in [5.41, 5.74) is 0.560. The molecular formula is C22H23FN4O2S. The van der Waals surface area contributed by atoms with Crippen molar-refractivity contribution in [2.24, 2.45) is 11.8 Å². The second kappa shape index (κ2) is 7.52. The molecule has 156 valence electrons. The fourth-order valence-electron chi connectivity index (χ4n) is 4.56. The molecule has 0 saturated carbocycles. The molecule has 3 atom stereocenters. The first-order chi connectivity index (χ1) is 14.5. The van der Waals surface area contributed by atoms with Gasteiger partial charge in [-0.3, -0.25) is 4.90 Å². The molecule has 4 aromatic rings. The molecule has 8 heteroatoms. The van der Waals surface area contributed by atoms with Gasteiger partial charge in [-0.1, -0.05) is 43.4 Å². The molecular weight excluding hydrogens is 403 g/mol. The van der Waals surface area contributed by atoms with Gasteiger partial charge in [-0.15, -0.1) is 5.10 Å². The van der Waals surface area contributed by atoms with Gasteiger partial charge in [0.1, 0.15) is 5.82 Å². The number of aromatic nitrogens is 3. The number of nitrogens with zero attached hydrogens (tertiary/aromatic N) is 4. The van der Waals surface area contributed by atoms with Crippen LogP contribution in [0.3, 0.4) is 0 Å². The largest absolute Gasteiger partial charge is 0.492 e. The lowest BCUT2D eigenvalue weighted by Crippen LogP contribution is -2.41. The topological polar surface area (TPSA) is 66.8 Å². The fourth-order valence-corrected chi connectivity index (χ4v) is 5.67. The molecule has 0 bridgehead atoms. The van der Waals surface area contributed by atoms with Crippen molar-refractivity contribution in [1.29, 1.82) is 0 Å². The third-order valence-corrected chi connectivity index (χ3v) is 6.72. The number of benzene rings is 1. The van der Waals surface area contributed by atoms with Crippen molar-refractivity contribution in [3.63, 3.8) is 0 Å². The molecule has 30 heavy (non-hydrogen) atoms. The SMILES string of the molecule is C[C@@H]1C[C@H](C)CN([C@@H](c2ccccc2F)c2sc3nc(-c4ccco4)nn3c2O)C1. The highest BCUT2D eigenvalue weighted by molar-refractivity contribution is 7.17. The van der Waals surface area contributed by atoms with Crippen LogP contribution in [0.25, 0.3) is 16.5 Å². The summed E-state index contributed by atoms with van der Waals surface area (Å²) in [6.07, 6.45) is 2.71. The molecule has 1 N–H and O–H groups in total. The summed E-state index contributed by atoms with van der Waals surface area (Å²) in [5, 5.41) is 15.5. The van der Waals surface area contributed by atoms with Crippen molar-refractivity contribution in [3.8, 4) is 17.5 Å². The maximum atomic E-state index is 14.9. The first-order valence-electron chi connectivity index (χ1n) is 10.1. The zero-order valence-corrected chi connectivity index (χ0v) is 17.6. The van der Waals surface area contributed by atoms with Gasteiger partial charge in [0, 0.05) is 18.7 Å². The van der Waals surface area contributed by atoms with E-state index in [2.05, 4.69) is 28.8 Å². The van der Waals surface area contributed by atoms with Crippen LogP contribution in [0.1, 0.15) is 36.8 Å². The highest BCUT2D eigenvalue weighted by Crippen LogP contribution is 2.43. The summed E-state index contributed by atoms with van der Waals surface area (Å²) < 4.78 is 21.7. The van der Waals surface area contributed by atoms with E-state index in [1.807, 2.05) is 6.07 Å². The van der Waals surface area contributed by atoms with Gasteiger partial charge in [-0.05, 0) is 36.5 Å². The fraction of sp³-hybridized carbons (Fsp3) is 0.364. The summed E-state index contributed by atoms with van der Waals surface area (Å²) in [7, 11) is 0. The van der Waals surface area contributed by atoms with E-state index >= 15 is 0 Å². The summed E-state index contributed by atoms with van der Waals surface area (Å²) in [6.45, 7) is 6.13. The number of aromatic hydroxyl groups is 1.